The van der Waals surface area contributed by atoms with E-state index in [0.29, 0.717) is 5.57 Å². The summed E-state index contributed by atoms with van der Waals surface area (Å²) in [6.07, 6.45) is 7.38. The molecule has 0 amide bonds. The molecule has 1 N–H and O–H groups in total. The molecule has 3 nitrogen and oxygen atoms in total. The number of hydrogen-bond donors (Lipinski definition) is 1. The number of aromatic nitrogens is 2. The van der Waals surface area contributed by atoms with Crippen LogP contribution >= 0.6 is 27.7 Å². The number of nitrogens with zero attached hydrogens (tertiary/aromatic N) is 2. The summed E-state index contributed by atoms with van der Waals surface area (Å²) >= 11 is 5.24. The minimum Gasteiger partial charge on any atom is -0.361 e. The van der Waals surface area contributed by atoms with E-state index in [2.05, 4.69) is 38.9 Å². The van der Waals surface area contributed by atoms with Crippen LogP contribution in [0.15, 0.2) is 52.2 Å². The van der Waals surface area contributed by atoms with Gasteiger partial charge in [0, 0.05) is 50.0 Å². The van der Waals surface area contributed by atoms with Gasteiger partial charge in [0.15, 0.2) is 0 Å². The number of fused-ring (bicyclic) bond motifs is 1. The molecule has 3 rings (SSSR count). The van der Waals surface area contributed by atoms with Gasteiger partial charge >= 0.3 is 0 Å². The minimum absolute atomic E-state index is 0.625. The monoisotopic (exact) mass is 383 g/mol. The molecule has 0 spiro atoms. The van der Waals surface area contributed by atoms with Crippen LogP contribution in [0.3, 0.4) is 0 Å². The molecule has 0 saturated carbocycles. The van der Waals surface area contributed by atoms with Gasteiger partial charge < -0.3 is 4.98 Å². The van der Waals surface area contributed by atoms with Crippen LogP contribution in [-0.2, 0) is 0 Å². The minimum atomic E-state index is 0.625. The van der Waals surface area contributed by atoms with E-state index < -0.39 is 0 Å². The standard InChI is InChI=1S/C18H14BrN3S/c1-2-23-18-5-6-21-10-13(18)7-12(9-20)16-11-22-17-4-3-14(19)8-15(16)17/h3-8,10-11,22H,2H2,1H3/b12-7+. The molecule has 1 aromatic carbocycles. The zero-order chi connectivity index (χ0) is 16.2. The van der Waals surface area contributed by atoms with Gasteiger partial charge in [-0.1, -0.05) is 22.9 Å². The van der Waals surface area contributed by atoms with Crippen LogP contribution in [0.25, 0.3) is 22.6 Å². The first-order valence-electron chi connectivity index (χ1n) is 7.18. The van der Waals surface area contributed by atoms with Crippen molar-refractivity contribution in [1.29, 1.82) is 5.26 Å². The van der Waals surface area contributed by atoms with Gasteiger partial charge in [-0.05, 0) is 36.1 Å². The number of pyridine rings is 1. The summed E-state index contributed by atoms with van der Waals surface area (Å²) in [7, 11) is 0. The summed E-state index contributed by atoms with van der Waals surface area (Å²) in [5.74, 6) is 0.979. The predicted octanol–water partition coefficient (Wildman–Crippen LogP) is 5.50. The molecule has 3 aromatic rings. The number of H-pyrrole nitrogens is 1. The number of nitrogens with one attached hydrogen (secondary N) is 1. The zero-order valence-corrected chi connectivity index (χ0v) is 14.9. The second-order valence-corrected chi connectivity index (χ2v) is 7.13. The normalized spacial score (nSPS) is 11.6. The second kappa shape index (κ2) is 7.03. The van der Waals surface area contributed by atoms with Crippen LogP contribution in [0.1, 0.15) is 18.1 Å². The summed E-state index contributed by atoms with van der Waals surface area (Å²) in [5.41, 5.74) is 3.51. The Morgan fingerprint density at radius 2 is 2.30 bits per heavy atom. The van der Waals surface area contributed by atoms with Crippen molar-refractivity contribution in [1.82, 2.24) is 9.97 Å². The molecule has 2 aromatic heterocycles. The lowest BCUT2D eigenvalue weighted by Gasteiger charge is -2.04. The molecule has 0 bridgehead atoms. The number of allylic oxidation sites excluding steroid dienone is 1. The topological polar surface area (TPSA) is 52.5 Å². The second-order valence-electron chi connectivity index (χ2n) is 4.91. The van der Waals surface area contributed by atoms with Gasteiger partial charge in [0.1, 0.15) is 0 Å². The molecule has 0 atom stereocenters. The van der Waals surface area contributed by atoms with E-state index >= 15 is 0 Å². The van der Waals surface area contributed by atoms with Gasteiger partial charge in [-0.2, -0.15) is 5.26 Å². The van der Waals surface area contributed by atoms with Gasteiger partial charge in [-0.3, -0.25) is 4.98 Å². The number of thioether (sulfide) groups is 1. The van der Waals surface area contributed by atoms with Crippen LogP contribution in [0.4, 0.5) is 0 Å². The van der Waals surface area contributed by atoms with Crippen LogP contribution in [0.5, 0.6) is 0 Å². The number of benzene rings is 1. The molecule has 0 aliphatic rings. The van der Waals surface area contributed by atoms with Crippen molar-refractivity contribution in [3.8, 4) is 6.07 Å². The molecule has 0 aliphatic heterocycles. The van der Waals surface area contributed by atoms with E-state index in [1.807, 2.05) is 36.5 Å². The summed E-state index contributed by atoms with van der Waals surface area (Å²) in [6, 6.07) is 10.3. The molecule has 0 fully saturated rings. The average Bonchev–Trinajstić information content (AvgIpc) is 2.97. The largest absolute Gasteiger partial charge is 0.361 e. The number of halogens is 1. The number of nitriles is 1. The zero-order valence-electron chi connectivity index (χ0n) is 12.5. The summed E-state index contributed by atoms with van der Waals surface area (Å²) < 4.78 is 0.992. The molecule has 0 unspecified atom stereocenters. The first kappa shape index (κ1) is 15.9. The fourth-order valence-electron chi connectivity index (χ4n) is 2.43. The lowest BCUT2D eigenvalue weighted by Crippen LogP contribution is -1.85. The number of hydrogen-bond acceptors (Lipinski definition) is 3. The van der Waals surface area contributed by atoms with E-state index in [4.69, 9.17) is 0 Å². The van der Waals surface area contributed by atoms with E-state index in [0.717, 1.165) is 37.2 Å². The van der Waals surface area contributed by atoms with Crippen molar-refractivity contribution in [3.05, 3.63) is 58.5 Å². The SMILES string of the molecule is CCSc1ccncc1/C=C(\C#N)c1c[nH]c2ccc(Br)cc12. The molecular formula is C18H14BrN3S. The van der Waals surface area contributed by atoms with Crippen LogP contribution in [-0.4, -0.2) is 15.7 Å². The first-order valence-corrected chi connectivity index (χ1v) is 8.96. The van der Waals surface area contributed by atoms with Crippen molar-refractivity contribution >= 4 is 50.2 Å². The number of aromatic amines is 1. The molecular weight excluding hydrogens is 370 g/mol. The highest BCUT2D eigenvalue weighted by molar-refractivity contribution is 9.10. The Kier molecular flexibility index (Phi) is 4.85. The molecule has 2 heterocycles. The average molecular weight is 384 g/mol. The molecule has 5 heteroatoms. The van der Waals surface area contributed by atoms with E-state index in [1.165, 1.54) is 0 Å². The van der Waals surface area contributed by atoms with Crippen LogP contribution < -0.4 is 0 Å². The molecule has 114 valence electrons. The maximum Gasteiger partial charge on any atom is 0.0998 e. The lowest BCUT2D eigenvalue weighted by atomic mass is 10.0. The highest BCUT2D eigenvalue weighted by Gasteiger charge is 2.10. The van der Waals surface area contributed by atoms with E-state index in [1.54, 1.807) is 24.2 Å². The molecule has 0 aliphatic carbocycles. The van der Waals surface area contributed by atoms with Gasteiger partial charge in [0.05, 0.1) is 11.6 Å². The highest BCUT2D eigenvalue weighted by Crippen LogP contribution is 2.30. The Hall–Kier alpha value is -2.03. The Balaban J connectivity index is 2.12. The van der Waals surface area contributed by atoms with Gasteiger partial charge in [-0.15, -0.1) is 11.8 Å². The fourth-order valence-corrected chi connectivity index (χ4v) is 3.54. The van der Waals surface area contributed by atoms with Gasteiger partial charge in [0.2, 0.25) is 0 Å². The Bertz CT molecular complexity index is 921. The lowest BCUT2D eigenvalue weighted by molar-refractivity contribution is 1.24. The van der Waals surface area contributed by atoms with Crippen molar-refractivity contribution in [2.45, 2.75) is 11.8 Å². The third kappa shape index (κ3) is 3.34. The summed E-state index contributed by atoms with van der Waals surface area (Å²) in [5, 5.41) is 10.7. The Morgan fingerprint density at radius 1 is 1.43 bits per heavy atom. The third-order valence-corrected chi connectivity index (χ3v) is 4.93. The maximum atomic E-state index is 9.64. The van der Waals surface area contributed by atoms with Gasteiger partial charge in [-0.25, -0.2) is 0 Å². The van der Waals surface area contributed by atoms with Crippen LogP contribution in [0, 0.1) is 11.3 Å². The van der Waals surface area contributed by atoms with Crippen LogP contribution in [0.2, 0.25) is 0 Å². The third-order valence-electron chi connectivity index (χ3n) is 3.46. The molecule has 0 saturated heterocycles. The highest BCUT2D eigenvalue weighted by atomic mass is 79.9. The van der Waals surface area contributed by atoms with Gasteiger partial charge in [0.25, 0.3) is 0 Å². The first-order chi connectivity index (χ1) is 11.2. The Labute approximate surface area is 147 Å². The fraction of sp³-hybridized carbons (Fsp3) is 0.111. The maximum absolute atomic E-state index is 9.64. The molecule has 0 radical (unpaired) electrons. The smallest absolute Gasteiger partial charge is 0.0998 e. The quantitative estimate of drug-likeness (QED) is 0.477. The van der Waals surface area contributed by atoms with Crippen molar-refractivity contribution < 1.29 is 0 Å². The van der Waals surface area contributed by atoms with E-state index in [9.17, 15) is 5.26 Å². The van der Waals surface area contributed by atoms with Crippen molar-refractivity contribution in [3.63, 3.8) is 0 Å². The Morgan fingerprint density at radius 3 is 3.09 bits per heavy atom. The summed E-state index contributed by atoms with van der Waals surface area (Å²) in [4.78, 5) is 8.55. The van der Waals surface area contributed by atoms with Crippen molar-refractivity contribution in [2.75, 3.05) is 5.75 Å². The van der Waals surface area contributed by atoms with Crippen molar-refractivity contribution in [2.24, 2.45) is 0 Å². The predicted molar refractivity (Wildman–Crippen MR) is 100 cm³/mol. The molecule has 23 heavy (non-hydrogen) atoms. The summed E-state index contributed by atoms with van der Waals surface area (Å²) in [6.45, 7) is 2.11. The van der Waals surface area contributed by atoms with E-state index in [-0.39, 0.29) is 0 Å². The number of rotatable bonds is 4.